The van der Waals surface area contributed by atoms with Gasteiger partial charge in [0.2, 0.25) is 15.9 Å². The molecule has 1 amide bonds. The number of nitrogens with zero attached hydrogens (tertiary/aromatic N) is 5. The van der Waals surface area contributed by atoms with Gasteiger partial charge in [0.25, 0.3) is 0 Å². The Bertz CT molecular complexity index is 1340. The van der Waals surface area contributed by atoms with Crippen LogP contribution in [-0.4, -0.2) is 72.3 Å². The highest BCUT2D eigenvalue weighted by atomic mass is 32.2. The summed E-state index contributed by atoms with van der Waals surface area (Å²) in [5.74, 6) is 0.906. The Labute approximate surface area is 202 Å². The molecule has 0 saturated carbocycles. The lowest BCUT2D eigenvalue weighted by Gasteiger charge is -2.34. The molecule has 2 fully saturated rings. The third-order valence-electron chi connectivity index (χ3n) is 6.50. The van der Waals surface area contributed by atoms with Crippen molar-refractivity contribution in [1.82, 2.24) is 18.8 Å². The van der Waals surface area contributed by atoms with Gasteiger partial charge in [-0.1, -0.05) is 17.4 Å². The Morgan fingerprint density at radius 2 is 1.76 bits per heavy atom. The molecule has 0 bridgehead atoms. The normalized spacial score (nSPS) is 17.5. The molecule has 180 valence electrons. The van der Waals surface area contributed by atoms with E-state index in [4.69, 9.17) is 0 Å². The standard InChI is InChI=1S/C23H27N5O4S2/c29-22(26-10-3-4-11-26)8-12-28-19-7-6-18(17-20(19)33-23(28)30)34(31,32)27-15-13-25(14-16-27)21-5-1-2-9-24-21/h1-2,5-7,9,17H,3-4,8,10-16H2. The van der Waals surface area contributed by atoms with Crippen molar-refractivity contribution in [2.45, 2.75) is 30.7 Å². The predicted molar refractivity (Wildman–Crippen MR) is 132 cm³/mol. The summed E-state index contributed by atoms with van der Waals surface area (Å²) in [6.07, 6.45) is 4.06. The van der Waals surface area contributed by atoms with E-state index < -0.39 is 10.0 Å². The van der Waals surface area contributed by atoms with E-state index >= 15 is 0 Å². The van der Waals surface area contributed by atoms with Crippen LogP contribution in [0.15, 0.2) is 52.3 Å². The van der Waals surface area contributed by atoms with Crippen molar-refractivity contribution in [3.63, 3.8) is 0 Å². The van der Waals surface area contributed by atoms with E-state index in [9.17, 15) is 18.0 Å². The monoisotopic (exact) mass is 501 g/mol. The third-order valence-corrected chi connectivity index (χ3v) is 9.33. The molecule has 3 aromatic rings. The van der Waals surface area contributed by atoms with Crippen LogP contribution in [0.2, 0.25) is 0 Å². The van der Waals surface area contributed by atoms with Gasteiger partial charge in [-0.2, -0.15) is 4.31 Å². The Kier molecular flexibility index (Phi) is 6.41. The number of hydrogen-bond acceptors (Lipinski definition) is 7. The molecular formula is C23H27N5O4S2. The Balaban J connectivity index is 1.30. The van der Waals surface area contributed by atoms with E-state index in [1.807, 2.05) is 23.1 Å². The minimum Gasteiger partial charge on any atom is -0.354 e. The average molecular weight is 502 g/mol. The molecule has 34 heavy (non-hydrogen) atoms. The van der Waals surface area contributed by atoms with E-state index in [0.29, 0.717) is 42.9 Å². The molecule has 0 N–H and O–H groups in total. The number of hydrogen-bond donors (Lipinski definition) is 0. The topological polar surface area (TPSA) is 95.8 Å². The summed E-state index contributed by atoms with van der Waals surface area (Å²) in [5.41, 5.74) is 0.670. The second kappa shape index (κ2) is 9.47. The molecular weight excluding hydrogens is 474 g/mol. The lowest BCUT2D eigenvalue weighted by molar-refractivity contribution is -0.130. The average Bonchev–Trinajstić information content (AvgIpc) is 3.50. The molecule has 4 heterocycles. The molecule has 5 rings (SSSR count). The lowest BCUT2D eigenvalue weighted by Crippen LogP contribution is -2.48. The van der Waals surface area contributed by atoms with Crippen LogP contribution >= 0.6 is 11.3 Å². The minimum atomic E-state index is -3.68. The number of fused-ring (bicyclic) bond motifs is 1. The van der Waals surface area contributed by atoms with Crippen LogP contribution in [0.4, 0.5) is 5.82 Å². The number of aryl methyl sites for hydroxylation is 1. The minimum absolute atomic E-state index is 0.0628. The summed E-state index contributed by atoms with van der Waals surface area (Å²) < 4.78 is 30.3. The molecule has 0 unspecified atom stereocenters. The van der Waals surface area contributed by atoms with Gasteiger partial charge in [-0.25, -0.2) is 13.4 Å². The van der Waals surface area contributed by atoms with Crippen molar-refractivity contribution < 1.29 is 13.2 Å². The molecule has 0 radical (unpaired) electrons. The maximum Gasteiger partial charge on any atom is 0.308 e. The molecule has 9 nitrogen and oxygen atoms in total. The van der Waals surface area contributed by atoms with Gasteiger partial charge >= 0.3 is 4.87 Å². The molecule has 0 atom stereocenters. The number of amides is 1. The number of pyridine rings is 1. The first-order valence-corrected chi connectivity index (χ1v) is 13.8. The summed E-state index contributed by atoms with van der Waals surface area (Å²) in [6.45, 7) is 3.74. The summed E-state index contributed by atoms with van der Waals surface area (Å²) in [4.78, 5) is 33.2. The van der Waals surface area contributed by atoms with Crippen molar-refractivity contribution in [2.24, 2.45) is 0 Å². The van der Waals surface area contributed by atoms with Gasteiger partial charge in [0.05, 0.1) is 15.1 Å². The highest BCUT2D eigenvalue weighted by molar-refractivity contribution is 7.89. The number of aromatic nitrogens is 2. The van der Waals surface area contributed by atoms with Gasteiger partial charge < -0.3 is 9.80 Å². The molecule has 11 heteroatoms. The second-order valence-electron chi connectivity index (χ2n) is 8.57. The number of piperazine rings is 1. The number of rotatable bonds is 6. The zero-order valence-corrected chi connectivity index (χ0v) is 20.4. The van der Waals surface area contributed by atoms with Crippen LogP contribution in [0.5, 0.6) is 0 Å². The van der Waals surface area contributed by atoms with Gasteiger partial charge in [0.15, 0.2) is 0 Å². The number of carbonyl (C=O) groups excluding carboxylic acids is 1. The summed E-state index contributed by atoms with van der Waals surface area (Å²) in [7, 11) is -3.68. The van der Waals surface area contributed by atoms with Crippen LogP contribution in [0.1, 0.15) is 19.3 Å². The Morgan fingerprint density at radius 1 is 1.00 bits per heavy atom. The smallest absolute Gasteiger partial charge is 0.308 e. The fourth-order valence-electron chi connectivity index (χ4n) is 4.60. The zero-order valence-electron chi connectivity index (χ0n) is 18.8. The van der Waals surface area contributed by atoms with Crippen molar-refractivity contribution in [3.8, 4) is 0 Å². The molecule has 2 aliphatic heterocycles. The van der Waals surface area contributed by atoms with Crippen LogP contribution < -0.4 is 9.77 Å². The largest absolute Gasteiger partial charge is 0.354 e. The fourth-order valence-corrected chi connectivity index (χ4v) is 7.08. The first kappa shape index (κ1) is 23.0. The summed E-state index contributed by atoms with van der Waals surface area (Å²) >= 11 is 1.02. The van der Waals surface area contributed by atoms with Gasteiger partial charge in [0, 0.05) is 58.4 Å². The van der Waals surface area contributed by atoms with Gasteiger partial charge in [-0.3, -0.25) is 14.2 Å². The highest BCUT2D eigenvalue weighted by Crippen LogP contribution is 2.25. The molecule has 2 saturated heterocycles. The Hall–Kier alpha value is -2.76. The number of benzene rings is 1. The van der Waals surface area contributed by atoms with Crippen LogP contribution in [-0.2, 0) is 21.4 Å². The summed E-state index contributed by atoms with van der Waals surface area (Å²) in [6, 6.07) is 10.5. The molecule has 0 aliphatic carbocycles. The van der Waals surface area contributed by atoms with Gasteiger partial charge in [-0.05, 0) is 43.2 Å². The van der Waals surface area contributed by atoms with Crippen molar-refractivity contribution in [3.05, 3.63) is 52.3 Å². The molecule has 2 aliphatic rings. The maximum absolute atomic E-state index is 13.3. The summed E-state index contributed by atoms with van der Waals surface area (Å²) in [5, 5.41) is 0. The van der Waals surface area contributed by atoms with Crippen LogP contribution in [0.3, 0.4) is 0 Å². The highest BCUT2D eigenvalue weighted by Gasteiger charge is 2.29. The van der Waals surface area contributed by atoms with E-state index in [1.165, 1.54) is 4.31 Å². The molecule has 0 spiro atoms. The number of likely N-dealkylation sites (tertiary alicyclic amines) is 1. The van der Waals surface area contributed by atoms with Crippen molar-refractivity contribution >= 4 is 43.3 Å². The number of anilines is 1. The van der Waals surface area contributed by atoms with Crippen molar-refractivity contribution in [2.75, 3.05) is 44.2 Å². The molecule has 2 aromatic heterocycles. The molecule has 1 aromatic carbocycles. The van der Waals surface area contributed by atoms with E-state index in [2.05, 4.69) is 9.88 Å². The number of thiazole rings is 1. The second-order valence-corrected chi connectivity index (χ2v) is 11.5. The van der Waals surface area contributed by atoms with E-state index in [0.717, 1.165) is 43.1 Å². The van der Waals surface area contributed by atoms with Crippen molar-refractivity contribution in [1.29, 1.82) is 0 Å². The van der Waals surface area contributed by atoms with Crippen LogP contribution in [0, 0.1) is 0 Å². The van der Waals surface area contributed by atoms with E-state index in [1.54, 1.807) is 29.0 Å². The Morgan fingerprint density at radius 3 is 2.47 bits per heavy atom. The first-order chi connectivity index (χ1) is 16.4. The fraction of sp³-hybridized carbons (Fsp3) is 0.435. The first-order valence-electron chi connectivity index (χ1n) is 11.5. The van der Waals surface area contributed by atoms with Gasteiger partial charge in [0.1, 0.15) is 5.82 Å². The quantitative estimate of drug-likeness (QED) is 0.513. The lowest BCUT2D eigenvalue weighted by atomic mass is 10.3. The zero-order chi connectivity index (χ0) is 23.7. The predicted octanol–water partition coefficient (Wildman–Crippen LogP) is 1.98. The SMILES string of the molecule is O=C(CCn1c(=O)sc2cc(S(=O)(=O)N3CCN(c4ccccn4)CC3)ccc21)N1CCCC1. The van der Waals surface area contributed by atoms with E-state index in [-0.39, 0.29) is 22.1 Å². The van der Waals surface area contributed by atoms with Crippen LogP contribution in [0.25, 0.3) is 10.2 Å². The maximum atomic E-state index is 13.3. The third kappa shape index (κ3) is 4.47. The number of carbonyl (C=O) groups is 1. The number of sulfonamides is 1. The van der Waals surface area contributed by atoms with Gasteiger partial charge in [-0.15, -0.1) is 0 Å².